The van der Waals surface area contributed by atoms with Crippen LogP contribution in [-0.2, 0) is 0 Å². The summed E-state index contributed by atoms with van der Waals surface area (Å²) in [7, 11) is 0. The lowest BCUT2D eigenvalue weighted by Gasteiger charge is -2.90. The molecule has 0 unspecified atom stereocenters. The van der Waals surface area contributed by atoms with Crippen LogP contribution >= 0.6 is 0 Å². The first kappa shape index (κ1) is 14.2. The van der Waals surface area contributed by atoms with Gasteiger partial charge in [0, 0.05) is 10.8 Å². The van der Waals surface area contributed by atoms with E-state index in [1.54, 1.807) is 0 Å². The van der Waals surface area contributed by atoms with E-state index in [9.17, 15) is 5.11 Å². The van der Waals surface area contributed by atoms with Crippen molar-refractivity contribution in [1.82, 2.24) is 0 Å². The highest BCUT2D eigenvalue weighted by Crippen LogP contribution is 2.93. The highest BCUT2D eigenvalue weighted by atomic mass is 16.3. The molecule has 6 rings (SSSR count). The molecule has 0 aliphatic heterocycles. The summed E-state index contributed by atoms with van der Waals surface area (Å²) in [6, 6.07) is 0. The molecule has 128 valence electrons. The van der Waals surface area contributed by atoms with E-state index in [1.807, 2.05) is 0 Å². The third kappa shape index (κ3) is 0.991. The van der Waals surface area contributed by atoms with Gasteiger partial charge >= 0.3 is 0 Å². The molecular weight excluding hydrogens is 280 g/mol. The molecule has 23 heavy (non-hydrogen) atoms. The van der Waals surface area contributed by atoms with E-state index in [-0.39, 0.29) is 5.60 Å². The average Bonchev–Trinajstić information content (AvgIpc) is 2.24. The summed E-state index contributed by atoms with van der Waals surface area (Å²) in [4.78, 5) is 0. The van der Waals surface area contributed by atoms with Gasteiger partial charge in [-0.05, 0) is 87.4 Å². The minimum atomic E-state index is -0.377. The van der Waals surface area contributed by atoms with E-state index in [4.69, 9.17) is 0 Å². The summed E-state index contributed by atoms with van der Waals surface area (Å²) in [5.74, 6) is 0. The van der Waals surface area contributed by atoms with Gasteiger partial charge in [0.25, 0.3) is 0 Å². The Kier molecular flexibility index (Phi) is 2.29. The molecule has 0 aromatic rings. The molecule has 0 saturated heterocycles. The van der Waals surface area contributed by atoms with Crippen LogP contribution in [0.2, 0.25) is 0 Å². The fourth-order valence-electron chi connectivity index (χ4n) is 10.2. The second-order valence-corrected chi connectivity index (χ2v) is 10.8. The minimum Gasteiger partial charge on any atom is -0.389 e. The number of hydrogen-bond donors (Lipinski definition) is 1. The van der Waals surface area contributed by atoms with Crippen molar-refractivity contribution in [2.24, 2.45) is 27.1 Å². The molecule has 0 aromatic heterocycles. The van der Waals surface area contributed by atoms with Crippen LogP contribution in [0.4, 0.5) is 0 Å². The van der Waals surface area contributed by atoms with Crippen LogP contribution in [0, 0.1) is 27.1 Å². The first-order valence-electron chi connectivity index (χ1n) is 10.8. The van der Waals surface area contributed by atoms with Crippen LogP contribution < -0.4 is 0 Å². The maximum Gasteiger partial charge on any atom is 0.0742 e. The van der Waals surface area contributed by atoms with Crippen LogP contribution in [0.5, 0.6) is 0 Å². The zero-order valence-corrected chi connectivity index (χ0v) is 15.1. The fraction of sp³-hybridized carbons (Fsp3) is 1.00. The van der Waals surface area contributed by atoms with Gasteiger partial charge in [-0.15, -0.1) is 0 Å². The Hall–Kier alpha value is -0.0400. The number of hydrogen-bond acceptors (Lipinski definition) is 1. The van der Waals surface area contributed by atoms with Crippen molar-refractivity contribution < 1.29 is 5.11 Å². The number of fused-ring (bicyclic) bond motifs is 4. The molecule has 0 radical (unpaired) electrons. The maximum absolute atomic E-state index is 12.3. The summed E-state index contributed by atoms with van der Waals surface area (Å²) in [5, 5.41) is 12.3. The second kappa shape index (κ2) is 3.71. The van der Waals surface area contributed by atoms with Crippen LogP contribution in [0.1, 0.15) is 103 Å². The van der Waals surface area contributed by atoms with E-state index >= 15 is 0 Å². The topological polar surface area (TPSA) is 20.2 Å². The highest BCUT2D eigenvalue weighted by molar-refractivity contribution is 5.37. The second-order valence-electron chi connectivity index (χ2n) is 10.8. The van der Waals surface area contributed by atoms with Gasteiger partial charge in [0.05, 0.1) is 5.60 Å². The largest absolute Gasteiger partial charge is 0.389 e. The van der Waals surface area contributed by atoms with Gasteiger partial charge in [-0.2, -0.15) is 0 Å². The van der Waals surface area contributed by atoms with Crippen molar-refractivity contribution in [3.8, 4) is 0 Å². The van der Waals surface area contributed by atoms with Gasteiger partial charge in [-0.25, -0.2) is 0 Å². The number of rotatable bonds is 0. The van der Waals surface area contributed by atoms with Crippen LogP contribution in [0.3, 0.4) is 0 Å². The lowest BCUT2D eigenvalue weighted by atomic mass is 9.15. The predicted molar refractivity (Wildman–Crippen MR) is 92.0 cm³/mol. The van der Waals surface area contributed by atoms with Gasteiger partial charge in [-0.1, -0.05) is 32.1 Å². The van der Waals surface area contributed by atoms with Gasteiger partial charge in [0.15, 0.2) is 0 Å². The molecule has 6 aliphatic rings. The van der Waals surface area contributed by atoms with Gasteiger partial charge < -0.3 is 5.11 Å². The molecule has 6 aliphatic carbocycles. The van der Waals surface area contributed by atoms with Gasteiger partial charge in [0.2, 0.25) is 0 Å². The summed E-state index contributed by atoms with van der Waals surface area (Å²) >= 11 is 0. The van der Waals surface area contributed by atoms with Crippen LogP contribution in [-0.4, -0.2) is 10.7 Å². The lowest BCUT2D eigenvalue weighted by molar-refractivity contribution is -0.440. The average molecular weight is 315 g/mol. The molecule has 0 atom stereocenters. The quantitative estimate of drug-likeness (QED) is 0.617. The Morgan fingerprint density at radius 1 is 0.435 bits per heavy atom. The van der Waals surface area contributed by atoms with Crippen molar-refractivity contribution in [3.05, 3.63) is 0 Å². The third-order valence-corrected chi connectivity index (χ3v) is 11.6. The Labute approximate surface area is 141 Å². The Balaban J connectivity index is 1.63. The van der Waals surface area contributed by atoms with Crippen LogP contribution in [0.15, 0.2) is 0 Å². The molecule has 6 saturated carbocycles. The zero-order valence-electron chi connectivity index (χ0n) is 15.1. The van der Waals surface area contributed by atoms with Crippen molar-refractivity contribution in [2.75, 3.05) is 0 Å². The van der Waals surface area contributed by atoms with Crippen molar-refractivity contribution in [1.29, 1.82) is 0 Å². The van der Waals surface area contributed by atoms with Crippen molar-refractivity contribution in [3.63, 3.8) is 0 Å². The van der Waals surface area contributed by atoms with E-state index in [2.05, 4.69) is 6.92 Å². The highest BCUT2D eigenvalue weighted by Gasteiger charge is 2.88. The molecule has 0 bridgehead atoms. The Bertz CT molecular complexity index is 507. The zero-order chi connectivity index (χ0) is 15.6. The van der Waals surface area contributed by atoms with Gasteiger partial charge in [0.1, 0.15) is 0 Å². The third-order valence-electron chi connectivity index (χ3n) is 11.6. The summed E-state index contributed by atoms with van der Waals surface area (Å²) in [6.07, 6.45) is 21.4. The first-order chi connectivity index (χ1) is 11.0. The first-order valence-corrected chi connectivity index (χ1v) is 10.8. The SMILES string of the molecule is CC1(O)C2(CCC2)C2(CCC2)C2(CCC2)C2(CCC2)C12CCC2. The molecule has 0 amide bonds. The van der Waals surface area contributed by atoms with E-state index in [1.165, 1.54) is 96.3 Å². The van der Waals surface area contributed by atoms with Gasteiger partial charge in [-0.3, -0.25) is 0 Å². The smallest absolute Gasteiger partial charge is 0.0742 e. The molecule has 0 heterocycles. The van der Waals surface area contributed by atoms with Crippen molar-refractivity contribution >= 4 is 0 Å². The van der Waals surface area contributed by atoms with E-state index in [0.29, 0.717) is 27.1 Å². The molecule has 1 heteroatoms. The lowest BCUT2D eigenvalue weighted by Crippen LogP contribution is -2.86. The summed E-state index contributed by atoms with van der Waals surface area (Å²) in [6.45, 7) is 2.34. The Morgan fingerprint density at radius 3 is 0.826 bits per heavy atom. The summed E-state index contributed by atoms with van der Waals surface area (Å²) in [5.41, 5.74) is 1.97. The monoisotopic (exact) mass is 314 g/mol. The van der Waals surface area contributed by atoms with E-state index in [0.717, 1.165) is 0 Å². The molecular formula is C22H34O. The standard InChI is InChI=1S/C22H34O/c1-17(23)18(7-2-8-18)20(11-4-12-20)22(15-6-16-22)21(13-5-14-21)19(17)9-3-10-19/h23H,2-16H2,1H3. The molecule has 1 N–H and O–H groups in total. The molecule has 1 nitrogen and oxygen atoms in total. The Morgan fingerprint density at radius 2 is 0.652 bits per heavy atom. The number of aliphatic hydroxyl groups is 1. The predicted octanol–water partition coefficient (Wildman–Crippen LogP) is 5.60. The summed E-state index contributed by atoms with van der Waals surface area (Å²) < 4.78 is 0. The molecule has 6 fully saturated rings. The maximum atomic E-state index is 12.3. The van der Waals surface area contributed by atoms with E-state index < -0.39 is 0 Å². The minimum absolute atomic E-state index is 0.305. The fourth-order valence-corrected chi connectivity index (χ4v) is 10.2. The molecule has 0 aromatic carbocycles. The van der Waals surface area contributed by atoms with Crippen molar-refractivity contribution in [2.45, 2.75) is 109 Å². The molecule has 5 spiro atoms. The normalized spacial score (nSPS) is 45.1. The van der Waals surface area contributed by atoms with Crippen LogP contribution in [0.25, 0.3) is 0 Å².